The Morgan fingerprint density at radius 3 is 2.44 bits per heavy atom. The normalized spacial score (nSPS) is 17.5. The molecule has 2 aliphatic carbocycles. The summed E-state index contributed by atoms with van der Waals surface area (Å²) in [4.78, 5) is 31.0. The van der Waals surface area contributed by atoms with Gasteiger partial charge in [0.05, 0.1) is 27.7 Å². The Morgan fingerprint density at radius 1 is 1.11 bits per heavy atom. The summed E-state index contributed by atoms with van der Waals surface area (Å²) in [7, 11) is -1.94. The van der Waals surface area contributed by atoms with Crippen LogP contribution in [0.4, 0.5) is 23.4 Å². The van der Waals surface area contributed by atoms with E-state index in [0.29, 0.717) is 28.1 Å². The quantitative estimate of drug-likeness (QED) is 0.112. The Bertz CT molecular complexity index is 2660. The largest absolute Gasteiger partial charge is 0.378 e. The van der Waals surface area contributed by atoms with Gasteiger partial charge in [-0.2, -0.15) is 19.0 Å². The molecule has 1 saturated carbocycles. The number of sulfone groups is 1. The number of Topliss-reactive ketones (excluding diaryl/α,β-unsaturated/α-hetero) is 1. The highest BCUT2D eigenvalue weighted by molar-refractivity contribution is 7.89. The van der Waals surface area contributed by atoms with E-state index >= 15 is 8.78 Å². The Morgan fingerprint density at radius 2 is 1.79 bits per heavy atom. The maximum absolute atomic E-state index is 15.6. The van der Waals surface area contributed by atoms with E-state index < -0.39 is 80.4 Å². The number of amides is 1. The number of alkyl halides is 2. The maximum atomic E-state index is 15.6. The van der Waals surface area contributed by atoms with Crippen LogP contribution in [0.2, 0.25) is 5.02 Å². The first-order valence-corrected chi connectivity index (χ1v) is 20.4. The molecule has 0 spiro atoms. The highest BCUT2D eigenvalue weighted by Crippen LogP contribution is 2.68. The van der Waals surface area contributed by atoms with Crippen molar-refractivity contribution < 1.29 is 40.7 Å². The summed E-state index contributed by atoms with van der Waals surface area (Å²) >= 11 is 6.65. The minimum atomic E-state index is -3.55. The van der Waals surface area contributed by atoms with Gasteiger partial charge >= 0.3 is 0 Å². The number of aromatic nitrogens is 5. The lowest BCUT2D eigenvalue weighted by Crippen LogP contribution is -2.24. The van der Waals surface area contributed by atoms with Crippen molar-refractivity contribution in [1.29, 1.82) is 0 Å². The fourth-order valence-electron chi connectivity index (χ4n) is 7.75. The van der Waals surface area contributed by atoms with Gasteiger partial charge in [0.2, 0.25) is 5.91 Å². The van der Waals surface area contributed by atoms with Crippen molar-refractivity contribution in [3.05, 3.63) is 93.0 Å². The summed E-state index contributed by atoms with van der Waals surface area (Å²) in [6, 6.07) is 9.42. The summed E-state index contributed by atoms with van der Waals surface area (Å²) in [6.45, 7) is 3.57. The SMILES string of the molecule is CC(=O)Nc1nn(CC(=O)C[C@@H](Cc2cc(F)cc(F)c2)c2nc(C#CC(C)(C)O)ccc2-c2ccc(Cl)c3c(CS(C)(=O)=O)nn(C)c23)c2c1[C@H]1C[C@H]1C2(F)F. The van der Waals surface area contributed by atoms with Crippen molar-refractivity contribution in [2.45, 2.75) is 75.7 Å². The van der Waals surface area contributed by atoms with Crippen molar-refractivity contribution in [1.82, 2.24) is 24.5 Å². The van der Waals surface area contributed by atoms with Gasteiger partial charge in [0.1, 0.15) is 35.2 Å². The minimum Gasteiger partial charge on any atom is -0.378 e. The number of nitrogens with one attached hydrogen (secondary N) is 1. The van der Waals surface area contributed by atoms with Crippen LogP contribution in [0.15, 0.2) is 42.5 Å². The van der Waals surface area contributed by atoms with E-state index in [4.69, 9.17) is 16.6 Å². The average molecular weight is 825 g/mol. The molecule has 5 aromatic rings. The topological polar surface area (TPSA) is 149 Å². The molecule has 2 aliphatic rings. The first kappa shape index (κ1) is 40.1. The molecule has 3 aromatic heterocycles. The zero-order valence-corrected chi connectivity index (χ0v) is 33.0. The Balaban J connectivity index is 1.38. The maximum Gasteiger partial charge on any atom is 0.293 e. The molecule has 7 rings (SSSR count). The number of ketones is 1. The van der Waals surface area contributed by atoms with Crippen molar-refractivity contribution >= 4 is 49.8 Å². The molecular formula is C40H37ClF4N6O5S. The molecule has 17 heteroatoms. The van der Waals surface area contributed by atoms with Gasteiger partial charge < -0.3 is 10.4 Å². The fraction of sp³-hybridized carbons (Fsp3) is 0.375. The average Bonchev–Trinajstić information content (AvgIpc) is 3.64. The van der Waals surface area contributed by atoms with E-state index in [2.05, 4.69) is 27.4 Å². The number of pyridine rings is 1. The smallest absolute Gasteiger partial charge is 0.293 e. The third kappa shape index (κ3) is 8.19. The minimum absolute atomic E-state index is 0.0260. The number of aliphatic hydroxyl groups is 1. The Hall–Kier alpha value is -5.11. The summed E-state index contributed by atoms with van der Waals surface area (Å²) in [5, 5.41) is 22.2. The van der Waals surface area contributed by atoms with Gasteiger partial charge in [-0.3, -0.25) is 19.0 Å². The second-order valence-corrected chi connectivity index (χ2v) is 17.9. The molecule has 2 aromatic carbocycles. The summed E-state index contributed by atoms with van der Waals surface area (Å²) in [5.41, 5.74) is 0.445. The number of benzene rings is 2. The molecule has 57 heavy (non-hydrogen) atoms. The van der Waals surface area contributed by atoms with Gasteiger partial charge in [-0.15, -0.1) is 0 Å². The zero-order valence-electron chi connectivity index (χ0n) is 31.4. The van der Waals surface area contributed by atoms with Gasteiger partial charge in [0.15, 0.2) is 21.4 Å². The Labute approximate surface area is 330 Å². The molecule has 1 amide bonds. The van der Waals surface area contributed by atoms with Crippen LogP contribution in [0.25, 0.3) is 22.0 Å². The number of carbonyl (C=O) groups is 2. The molecule has 1 fully saturated rings. The molecule has 0 aliphatic heterocycles. The predicted molar refractivity (Wildman–Crippen MR) is 204 cm³/mol. The van der Waals surface area contributed by atoms with Gasteiger partial charge in [0, 0.05) is 66.6 Å². The number of carbonyl (C=O) groups excluding carboxylic acids is 2. The van der Waals surface area contributed by atoms with E-state index in [0.717, 1.165) is 23.1 Å². The molecule has 298 valence electrons. The van der Waals surface area contributed by atoms with E-state index in [1.165, 1.54) is 25.5 Å². The number of halogens is 5. The third-order valence-corrected chi connectivity index (χ3v) is 11.1. The molecule has 3 heterocycles. The number of fused-ring (bicyclic) bond motifs is 4. The number of aryl methyl sites for hydroxylation is 1. The number of hydrogen-bond donors (Lipinski definition) is 2. The molecule has 0 bridgehead atoms. The lowest BCUT2D eigenvalue weighted by molar-refractivity contribution is -0.120. The van der Waals surface area contributed by atoms with Crippen LogP contribution >= 0.6 is 11.6 Å². The van der Waals surface area contributed by atoms with Crippen LogP contribution in [0.1, 0.15) is 79.4 Å². The number of rotatable bonds is 11. The highest BCUT2D eigenvalue weighted by Gasteiger charge is 2.67. The second kappa shape index (κ2) is 14.4. The first-order valence-electron chi connectivity index (χ1n) is 17.9. The predicted octanol–water partition coefficient (Wildman–Crippen LogP) is 6.58. The molecule has 0 saturated heterocycles. The van der Waals surface area contributed by atoms with Crippen molar-refractivity contribution in [2.24, 2.45) is 13.0 Å². The lowest BCUT2D eigenvalue weighted by atomic mass is 9.86. The molecule has 3 atom stereocenters. The van der Waals surface area contributed by atoms with Crippen LogP contribution in [0.5, 0.6) is 0 Å². The van der Waals surface area contributed by atoms with E-state index in [1.807, 2.05) is 0 Å². The van der Waals surface area contributed by atoms with E-state index in [1.54, 1.807) is 31.3 Å². The lowest BCUT2D eigenvalue weighted by Gasteiger charge is -2.21. The molecule has 0 unspecified atom stereocenters. The van der Waals surface area contributed by atoms with Crippen molar-refractivity contribution in [3.63, 3.8) is 0 Å². The summed E-state index contributed by atoms with van der Waals surface area (Å²) in [5.74, 6) is -3.44. The summed E-state index contributed by atoms with van der Waals surface area (Å²) in [6.07, 6.45) is 0.757. The standard InChI is InChI=1S/C40H37ClF4N6O5S/c1-20(52)46-38-33-29-17-30(29)40(44,45)37(33)51(49-38)18-26(53)15-22(12-21-13-23(42)16-24(43)14-21)35-27(7-6-25(47-35)10-11-39(2,3)54)28-8-9-31(41)34-32(19-57(5,55)56)48-50(4)36(28)34/h6-9,13-14,16,22,29-30,54H,12,15,17-19H2,1-5H3,(H,46,49,52)/t22-,29+,30-/m1/s1. The number of anilines is 1. The monoisotopic (exact) mass is 824 g/mol. The first-order chi connectivity index (χ1) is 26.6. The third-order valence-electron chi connectivity index (χ3n) is 9.94. The highest BCUT2D eigenvalue weighted by atomic mass is 35.5. The second-order valence-electron chi connectivity index (χ2n) is 15.3. The van der Waals surface area contributed by atoms with Gasteiger partial charge in [0.25, 0.3) is 5.92 Å². The van der Waals surface area contributed by atoms with E-state index in [9.17, 15) is 31.9 Å². The van der Waals surface area contributed by atoms with Crippen LogP contribution in [-0.2, 0) is 51.1 Å². The van der Waals surface area contributed by atoms with Crippen molar-refractivity contribution in [3.8, 4) is 23.0 Å². The number of nitrogens with zero attached hydrogens (tertiary/aromatic N) is 5. The summed E-state index contributed by atoms with van der Waals surface area (Å²) < 4.78 is 87.6. The van der Waals surface area contributed by atoms with Crippen LogP contribution in [0.3, 0.4) is 0 Å². The molecule has 2 N–H and O–H groups in total. The van der Waals surface area contributed by atoms with Gasteiger partial charge in [-0.05, 0) is 74.4 Å². The van der Waals surface area contributed by atoms with E-state index in [-0.39, 0.29) is 58.3 Å². The number of hydrogen-bond acceptors (Lipinski definition) is 8. The van der Waals surface area contributed by atoms with Gasteiger partial charge in [-0.25, -0.2) is 22.2 Å². The fourth-order valence-corrected chi connectivity index (χ4v) is 8.71. The van der Waals surface area contributed by atoms with Crippen molar-refractivity contribution in [2.75, 3.05) is 11.6 Å². The molecule has 0 radical (unpaired) electrons. The van der Waals surface area contributed by atoms with Crippen LogP contribution < -0.4 is 5.32 Å². The van der Waals surface area contributed by atoms with Gasteiger partial charge in [-0.1, -0.05) is 23.6 Å². The Kier molecular flexibility index (Phi) is 10.1. The molecule has 11 nitrogen and oxygen atoms in total. The van der Waals surface area contributed by atoms with Crippen LogP contribution in [0, 0.1) is 29.4 Å². The molecular weight excluding hydrogens is 788 g/mol. The zero-order chi connectivity index (χ0) is 41.4. The van der Waals surface area contributed by atoms with Crippen LogP contribution in [-0.4, -0.2) is 61.6 Å².